The summed E-state index contributed by atoms with van der Waals surface area (Å²) in [6, 6.07) is 0. The van der Waals surface area contributed by atoms with Crippen molar-refractivity contribution >= 4 is 17.7 Å². The van der Waals surface area contributed by atoms with Crippen LogP contribution in [0.2, 0.25) is 0 Å². The maximum absolute atomic E-state index is 11.7. The number of carbonyl (C=O) groups excluding carboxylic acids is 1. The second-order valence-corrected chi connectivity index (χ2v) is 5.55. The van der Waals surface area contributed by atoms with Gasteiger partial charge in [-0.2, -0.15) is 11.8 Å². The van der Waals surface area contributed by atoms with Crippen LogP contribution in [0.5, 0.6) is 0 Å². The first-order valence-corrected chi connectivity index (χ1v) is 7.18. The van der Waals surface area contributed by atoms with E-state index in [-0.39, 0.29) is 12.0 Å². The molecule has 1 N–H and O–H groups in total. The molecule has 2 fully saturated rings. The molecule has 16 heavy (non-hydrogen) atoms. The average Bonchev–Trinajstić information content (AvgIpc) is 2.81. The summed E-state index contributed by atoms with van der Waals surface area (Å²) in [5, 5.41) is 2.96. The molecular weight excluding hydrogens is 224 g/mol. The first-order valence-electron chi connectivity index (χ1n) is 6.03. The van der Waals surface area contributed by atoms with Crippen molar-refractivity contribution in [2.45, 2.75) is 18.9 Å². The van der Waals surface area contributed by atoms with Crippen molar-refractivity contribution < 1.29 is 9.53 Å². The molecule has 0 aromatic carbocycles. The van der Waals surface area contributed by atoms with Gasteiger partial charge in [0.05, 0.1) is 12.6 Å². The summed E-state index contributed by atoms with van der Waals surface area (Å²) in [4.78, 5) is 13.9. The number of hydrogen-bond acceptors (Lipinski definition) is 4. The van der Waals surface area contributed by atoms with Crippen LogP contribution in [0.25, 0.3) is 0 Å². The Morgan fingerprint density at radius 1 is 1.44 bits per heavy atom. The third kappa shape index (κ3) is 3.96. The Hall–Kier alpha value is -0.260. The maximum Gasteiger partial charge on any atom is 0.234 e. The van der Waals surface area contributed by atoms with Gasteiger partial charge >= 0.3 is 0 Å². The second-order valence-electron chi connectivity index (χ2n) is 4.33. The van der Waals surface area contributed by atoms with Crippen molar-refractivity contribution in [2.24, 2.45) is 0 Å². The molecule has 0 aliphatic carbocycles. The summed E-state index contributed by atoms with van der Waals surface area (Å²) < 4.78 is 5.46. The minimum absolute atomic E-state index is 0.141. The first-order chi connectivity index (χ1) is 7.84. The zero-order chi connectivity index (χ0) is 11.2. The Kier molecular flexibility index (Phi) is 4.93. The van der Waals surface area contributed by atoms with E-state index in [4.69, 9.17) is 4.74 Å². The Morgan fingerprint density at radius 2 is 2.25 bits per heavy atom. The minimum Gasteiger partial charge on any atom is -0.376 e. The van der Waals surface area contributed by atoms with Crippen LogP contribution in [0.4, 0.5) is 0 Å². The number of carbonyl (C=O) groups is 1. The minimum atomic E-state index is 0.141. The normalized spacial score (nSPS) is 26.9. The molecule has 4 nitrogen and oxygen atoms in total. The molecule has 1 amide bonds. The zero-order valence-electron chi connectivity index (χ0n) is 9.61. The second kappa shape index (κ2) is 6.47. The predicted molar refractivity (Wildman–Crippen MR) is 65.7 cm³/mol. The van der Waals surface area contributed by atoms with Crippen LogP contribution in [0.1, 0.15) is 12.8 Å². The Morgan fingerprint density at radius 3 is 2.94 bits per heavy atom. The number of hydrogen-bond donors (Lipinski definition) is 1. The summed E-state index contributed by atoms with van der Waals surface area (Å²) in [7, 11) is 0. The number of nitrogens with one attached hydrogen (secondary N) is 1. The lowest BCUT2D eigenvalue weighted by Gasteiger charge is -2.25. The van der Waals surface area contributed by atoms with E-state index >= 15 is 0 Å². The van der Waals surface area contributed by atoms with Crippen LogP contribution in [0, 0.1) is 0 Å². The third-order valence-electron chi connectivity index (χ3n) is 3.02. The van der Waals surface area contributed by atoms with E-state index in [0.717, 1.165) is 44.0 Å². The molecule has 0 unspecified atom stereocenters. The smallest absolute Gasteiger partial charge is 0.234 e. The molecule has 0 spiro atoms. The van der Waals surface area contributed by atoms with Gasteiger partial charge in [0, 0.05) is 37.7 Å². The van der Waals surface area contributed by atoms with Crippen molar-refractivity contribution in [3.63, 3.8) is 0 Å². The molecule has 0 radical (unpaired) electrons. The van der Waals surface area contributed by atoms with Crippen molar-refractivity contribution in [1.29, 1.82) is 0 Å². The molecule has 0 saturated carbocycles. The molecule has 2 aliphatic heterocycles. The fourth-order valence-corrected chi connectivity index (χ4v) is 3.03. The molecule has 92 valence electrons. The van der Waals surface area contributed by atoms with E-state index in [0.29, 0.717) is 13.1 Å². The van der Waals surface area contributed by atoms with Gasteiger partial charge in [-0.25, -0.2) is 0 Å². The maximum atomic E-state index is 11.7. The van der Waals surface area contributed by atoms with E-state index < -0.39 is 0 Å². The van der Waals surface area contributed by atoms with Crippen LogP contribution in [-0.4, -0.2) is 61.2 Å². The van der Waals surface area contributed by atoms with Gasteiger partial charge < -0.3 is 10.1 Å². The Balaban J connectivity index is 1.59. The highest BCUT2D eigenvalue weighted by atomic mass is 32.2. The summed E-state index contributed by atoms with van der Waals surface area (Å²) in [5.41, 5.74) is 0. The number of rotatable bonds is 4. The van der Waals surface area contributed by atoms with Crippen molar-refractivity contribution in [1.82, 2.24) is 10.2 Å². The molecule has 0 aromatic heterocycles. The Bertz CT molecular complexity index is 226. The summed E-state index contributed by atoms with van der Waals surface area (Å²) in [6.45, 7) is 4.16. The predicted octanol–water partition coefficient (Wildman–Crippen LogP) is 0.330. The van der Waals surface area contributed by atoms with Crippen LogP contribution in [0.15, 0.2) is 0 Å². The van der Waals surface area contributed by atoms with Crippen molar-refractivity contribution in [2.75, 3.05) is 44.3 Å². The number of amides is 1. The third-order valence-corrected chi connectivity index (χ3v) is 3.96. The molecule has 2 saturated heterocycles. The molecule has 2 rings (SSSR count). The lowest BCUT2D eigenvalue weighted by atomic mass is 10.2. The molecule has 1 atom stereocenters. The summed E-state index contributed by atoms with van der Waals surface area (Å²) in [5.74, 6) is 2.44. The van der Waals surface area contributed by atoms with E-state index in [1.54, 1.807) is 0 Å². The highest BCUT2D eigenvalue weighted by molar-refractivity contribution is 7.99. The van der Waals surface area contributed by atoms with Crippen LogP contribution >= 0.6 is 11.8 Å². The fourth-order valence-electron chi connectivity index (χ4n) is 2.05. The van der Waals surface area contributed by atoms with Crippen LogP contribution < -0.4 is 5.32 Å². The van der Waals surface area contributed by atoms with Gasteiger partial charge in [-0.05, 0) is 12.8 Å². The van der Waals surface area contributed by atoms with Crippen molar-refractivity contribution in [3.05, 3.63) is 0 Å². The van der Waals surface area contributed by atoms with E-state index in [9.17, 15) is 4.79 Å². The standard InChI is InChI=1S/C11H20N2O2S/c14-11(9-13-3-6-16-7-4-13)12-8-10-2-1-5-15-10/h10H,1-9H2,(H,12,14)/t10-/m1/s1. The van der Waals surface area contributed by atoms with Gasteiger partial charge in [0.25, 0.3) is 0 Å². The lowest BCUT2D eigenvalue weighted by molar-refractivity contribution is -0.122. The van der Waals surface area contributed by atoms with Gasteiger partial charge in [-0.1, -0.05) is 0 Å². The topological polar surface area (TPSA) is 41.6 Å². The highest BCUT2D eigenvalue weighted by Crippen LogP contribution is 2.11. The highest BCUT2D eigenvalue weighted by Gasteiger charge is 2.18. The van der Waals surface area contributed by atoms with Gasteiger partial charge in [0.15, 0.2) is 0 Å². The molecule has 2 aliphatic rings. The van der Waals surface area contributed by atoms with Gasteiger partial charge in [0.1, 0.15) is 0 Å². The van der Waals surface area contributed by atoms with Crippen molar-refractivity contribution in [3.8, 4) is 0 Å². The lowest BCUT2D eigenvalue weighted by Crippen LogP contribution is -2.43. The average molecular weight is 244 g/mol. The van der Waals surface area contributed by atoms with E-state index in [2.05, 4.69) is 10.2 Å². The van der Waals surface area contributed by atoms with E-state index in [1.165, 1.54) is 0 Å². The molecular formula is C11H20N2O2S. The number of nitrogens with zero attached hydrogens (tertiary/aromatic N) is 1. The van der Waals surface area contributed by atoms with Crippen LogP contribution in [-0.2, 0) is 9.53 Å². The Labute approximate surface area is 101 Å². The first kappa shape index (κ1) is 12.2. The van der Waals surface area contributed by atoms with Gasteiger partial charge in [0.2, 0.25) is 5.91 Å². The summed E-state index contributed by atoms with van der Waals surface area (Å²) in [6.07, 6.45) is 2.46. The molecule has 0 bridgehead atoms. The fraction of sp³-hybridized carbons (Fsp3) is 0.909. The summed E-state index contributed by atoms with van der Waals surface area (Å²) >= 11 is 1.97. The zero-order valence-corrected chi connectivity index (χ0v) is 10.4. The van der Waals surface area contributed by atoms with Gasteiger partial charge in [-0.15, -0.1) is 0 Å². The van der Waals surface area contributed by atoms with Crippen LogP contribution in [0.3, 0.4) is 0 Å². The SMILES string of the molecule is O=C(CN1CCSCC1)NC[C@H]1CCCO1. The number of ether oxygens (including phenoxy) is 1. The quantitative estimate of drug-likeness (QED) is 0.774. The molecule has 5 heteroatoms. The van der Waals surface area contributed by atoms with Gasteiger partial charge in [-0.3, -0.25) is 9.69 Å². The molecule has 0 aromatic rings. The molecule has 2 heterocycles. The number of thioether (sulfide) groups is 1. The largest absolute Gasteiger partial charge is 0.376 e. The monoisotopic (exact) mass is 244 g/mol. The van der Waals surface area contributed by atoms with E-state index in [1.807, 2.05) is 11.8 Å².